The van der Waals surface area contributed by atoms with Gasteiger partial charge in [0, 0.05) is 6.54 Å². The second-order valence-electron chi connectivity index (χ2n) is 6.10. The molecule has 1 saturated carbocycles. The molecule has 1 rings (SSSR count). The summed E-state index contributed by atoms with van der Waals surface area (Å²) >= 11 is 0. The molecule has 1 aliphatic rings. The Morgan fingerprint density at radius 2 is 2.12 bits per heavy atom. The van der Waals surface area contributed by atoms with Gasteiger partial charge in [-0.25, -0.2) is 0 Å². The maximum atomic E-state index is 3.55. The van der Waals surface area contributed by atoms with Crippen LogP contribution in [-0.2, 0) is 0 Å². The minimum Gasteiger partial charge on any atom is -0.313 e. The second kappa shape index (κ2) is 7.92. The predicted octanol–water partition coefficient (Wildman–Crippen LogP) is 4.39. The van der Waals surface area contributed by atoms with Gasteiger partial charge < -0.3 is 5.32 Å². The monoisotopic (exact) mass is 237 g/mol. The van der Waals surface area contributed by atoms with Gasteiger partial charge in [0.25, 0.3) is 0 Å². The zero-order valence-electron chi connectivity index (χ0n) is 12.3. The molecule has 0 saturated heterocycles. The van der Waals surface area contributed by atoms with Gasteiger partial charge in [-0.3, -0.25) is 0 Å². The summed E-state index contributed by atoms with van der Waals surface area (Å²) in [5.41, 5.74) is 1.62. The molecule has 0 aromatic heterocycles. The molecule has 0 radical (unpaired) electrons. The van der Waals surface area contributed by atoms with Crippen LogP contribution in [0.4, 0.5) is 0 Å². The lowest BCUT2D eigenvalue weighted by atomic mass is 9.81. The number of hydrogen-bond donors (Lipinski definition) is 1. The number of rotatable bonds is 6. The number of nitrogens with one attached hydrogen (secondary N) is 1. The highest BCUT2D eigenvalue weighted by atomic mass is 14.8. The summed E-state index contributed by atoms with van der Waals surface area (Å²) in [4.78, 5) is 0. The molecule has 0 aromatic carbocycles. The molecular formula is C16H31N. The molecule has 2 atom stereocenters. The predicted molar refractivity (Wildman–Crippen MR) is 77.2 cm³/mol. The van der Waals surface area contributed by atoms with Gasteiger partial charge in [0.1, 0.15) is 0 Å². The Labute approximate surface area is 108 Å². The molecule has 1 N–H and O–H groups in total. The summed E-state index contributed by atoms with van der Waals surface area (Å²) in [5.74, 6) is 2.47. The first kappa shape index (κ1) is 14.8. The third-order valence-corrected chi connectivity index (χ3v) is 3.92. The Hall–Kier alpha value is -0.300. The van der Waals surface area contributed by atoms with E-state index in [-0.39, 0.29) is 0 Å². The molecule has 0 spiro atoms. The first-order chi connectivity index (χ1) is 8.13. The van der Waals surface area contributed by atoms with E-state index in [9.17, 15) is 0 Å². The van der Waals surface area contributed by atoms with Crippen molar-refractivity contribution < 1.29 is 0 Å². The van der Waals surface area contributed by atoms with Crippen LogP contribution in [0.25, 0.3) is 0 Å². The van der Waals surface area contributed by atoms with Crippen molar-refractivity contribution in [2.24, 2.45) is 17.8 Å². The molecule has 0 aliphatic heterocycles. The van der Waals surface area contributed by atoms with Gasteiger partial charge in [-0.05, 0) is 43.6 Å². The fourth-order valence-corrected chi connectivity index (χ4v) is 2.80. The third kappa shape index (κ3) is 5.72. The molecule has 0 aromatic rings. The maximum absolute atomic E-state index is 3.55. The summed E-state index contributed by atoms with van der Waals surface area (Å²) in [5, 5.41) is 3.55. The molecule has 0 heterocycles. The van der Waals surface area contributed by atoms with E-state index in [0.717, 1.165) is 24.9 Å². The lowest BCUT2D eigenvalue weighted by Crippen LogP contribution is -2.21. The molecule has 1 heteroatoms. The summed E-state index contributed by atoms with van der Waals surface area (Å²) in [6, 6.07) is 0. The topological polar surface area (TPSA) is 12.0 Å². The molecule has 1 nitrogen and oxygen atoms in total. The summed E-state index contributed by atoms with van der Waals surface area (Å²) in [6.45, 7) is 11.5. The van der Waals surface area contributed by atoms with Crippen molar-refractivity contribution in [3.05, 3.63) is 11.6 Å². The SMILES string of the molecule is CCCNC/C(=C\C1CCCC(C)C1)C(C)C. The standard InChI is InChI=1S/C16H31N/c1-5-9-17-12-16(13(2)3)11-15-8-6-7-14(4)10-15/h11,13-15,17H,5-10,12H2,1-4H3/b16-11+. The van der Waals surface area contributed by atoms with Crippen LogP contribution in [0.2, 0.25) is 0 Å². The van der Waals surface area contributed by atoms with Crippen LogP contribution in [0, 0.1) is 17.8 Å². The van der Waals surface area contributed by atoms with Crippen molar-refractivity contribution in [1.82, 2.24) is 5.32 Å². The van der Waals surface area contributed by atoms with Gasteiger partial charge in [0.05, 0.1) is 0 Å². The quantitative estimate of drug-likeness (QED) is 0.533. The Morgan fingerprint density at radius 1 is 1.35 bits per heavy atom. The molecule has 1 fully saturated rings. The normalized spacial score (nSPS) is 26.5. The van der Waals surface area contributed by atoms with E-state index in [1.54, 1.807) is 5.57 Å². The first-order valence-corrected chi connectivity index (χ1v) is 7.54. The van der Waals surface area contributed by atoms with Crippen LogP contribution in [0.5, 0.6) is 0 Å². The minimum absolute atomic E-state index is 0.691. The maximum Gasteiger partial charge on any atom is 0.0167 e. The van der Waals surface area contributed by atoms with Crippen LogP contribution in [0.1, 0.15) is 59.8 Å². The van der Waals surface area contributed by atoms with E-state index in [1.165, 1.54) is 32.1 Å². The molecule has 0 bridgehead atoms. The van der Waals surface area contributed by atoms with Crippen LogP contribution >= 0.6 is 0 Å². The molecular weight excluding hydrogens is 206 g/mol. The lowest BCUT2D eigenvalue weighted by Gasteiger charge is -2.26. The van der Waals surface area contributed by atoms with E-state index >= 15 is 0 Å². The van der Waals surface area contributed by atoms with Crippen molar-refractivity contribution in [2.45, 2.75) is 59.8 Å². The van der Waals surface area contributed by atoms with Gasteiger partial charge in [-0.2, -0.15) is 0 Å². The average molecular weight is 237 g/mol. The Morgan fingerprint density at radius 3 is 2.71 bits per heavy atom. The summed E-state index contributed by atoms with van der Waals surface area (Å²) in [7, 11) is 0. The fraction of sp³-hybridized carbons (Fsp3) is 0.875. The third-order valence-electron chi connectivity index (χ3n) is 3.92. The van der Waals surface area contributed by atoms with E-state index in [0.29, 0.717) is 5.92 Å². The van der Waals surface area contributed by atoms with Crippen LogP contribution in [0.15, 0.2) is 11.6 Å². The Bertz CT molecular complexity index is 230. The second-order valence-corrected chi connectivity index (χ2v) is 6.10. The van der Waals surface area contributed by atoms with Gasteiger partial charge in [-0.1, -0.05) is 52.2 Å². The number of allylic oxidation sites excluding steroid dienone is 1. The highest BCUT2D eigenvalue weighted by molar-refractivity contribution is 5.09. The highest BCUT2D eigenvalue weighted by Crippen LogP contribution is 2.30. The average Bonchev–Trinajstić information content (AvgIpc) is 2.28. The van der Waals surface area contributed by atoms with Gasteiger partial charge >= 0.3 is 0 Å². The van der Waals surface area contributed by atoms with Crippen molar-refractivity contribution >= 4 is 0 Å². The fourth-order valence-electron chi connectivity index (χ4n) is 2.80. The van der Waals surface area contributed by atoms with Gasteiger partial charge in [0.15, 0.2) is 0 Å². The molecule has 17 heavy (non-hydrogen) atoms. The van der Waals surface area contributed by atoms with E-state index in [4.69, 9.17) is 0 Å². The largest absolute Gasteiger partial charge is 0.313 e. The van der Waals surface area contributed by atoms with Crippen LogP contribution < -0.4 is 5.32 Å². The first-order valence-electron chi connectivity index (χ1n) is 7.54. The van der Waals surface area contributed by atoms with Gasteiger partial charge in [-0.15, -0.1) is 0 Å². The zero-order valence-corrected chi connectivity index (χ0v) is 12.3. The Balaban J connectivity index is 2.49. The molecule has 2 unspecified atom stereocenters. The van der Waals surface area contributed by atoms with E-state index in [1.807, 2.05) is 0 Å². The van der Waals surface area contributed by atoms with Crippen molar-refractivity contribution in [2.75, 3.05) is 13.1 Å². The summed E-state index contributed by atoms with van der Waals surface area (Å²) < 4.78 is 0. The molecule has 1 aliphatic carbocycles. The van der Waals surface area contributed by atoms with Crippen molar-refractivity contribution in [3.8, 4) is 0 Å². The summed E-state index contributed by atoms with van der Waals surface area (Å²) in [6.07, 6.45) is 9.50. The lowest BCUT2D eigenvalue weighted by molar-refractivity contribution is 0.323. The smallest absolute Gasteiger partial charge is 0.0167 e. The minimum atomic E-state index is 0.691. The van der Waals surface area contributed by atoms with Gasteiger partial charge in [0.2, 0.25) is 0 Å². The van der Waals surface area contributed by atoms with Crippen LogP contribution in [-0.4, -0.2) is 13.1 Å². The van der Waals surface area contributed by atoms with E-state index < -0.39 is 0 Å². The molecule has 100 valence electrons. The van der Waals surface area contributed by atoms with E-state index in [2.05, 4.69) is 39.1 Å². The molecule has 0 amide bonds. The highest BCUT2D eigenvalue weighted by Gasteiger charge is 2.18. The van der Waals surface area contributed by atoms with Crippen molar-refractivity contribution in [3.63, 3.8) is 0 Å². The van der Waals surface area contributed by atoms with Crippen molar-refractivity contribution in [1.29, 1.82) is 0 Å². The van der Waals surface area contributed by atoms with Crippen LogP contribution in [0.3, 0.4) is 0 Å². The number of hydrogen-bond acceptors (Lipinski definition) is 1. The Kier molecular flexibility index (Phi) is 6.87. The zero-order chi connectivity index (χ0) is 12.7.